The summed E-state index contributed by atoms with van der Waals surface area (Å²) in [6.45, 7) is 0. The van der Waals surface area contributed by atoms with Crippen LogP contribution in [0, 0.1) is 0 Å². The number of para-hydroxylation sites is 2. The first-order valence-corrected chi connectivity index (χ1v) is 17.2. The van der Waals surface area contributed by atoms with Gasteiger partial charge in [-0.3, -0.25) is 0 Å². The van der Waals surface area contributed by atoms with E-state index in [-0.39, 0.29) is 0 Å². The lowest BCUT2D eigenvalue weighted by atomic mass is 9.95. The van der Waals surface area contributed by atoms with Crippen molar-refractivity contribution >= 4 is 65.6 Å². The third kappa shape index (κ3) is 4.44. The maximum absolute atomic E-state index is 6.25. The van der Waals surface area contributed by atoms with E-state index in [1.54, 1.807) is 0 Å². The van der Waals surface area contributed by atoms with E-state index in [4.69, 9.17) is 23.8 Å². The van der Waals surface area contributed by atoms with Crippen LogP contribution in [0.3, 0.4) is 0 Å². The number of nitrogens with zero attached hydrogens (tertiary/aromatic N) is 4. The summed E-state index contributed by atoms with van der Waals surface area (Å²) in [5, 5.41) is 8.55. The first-order valence-electron chi connectivity index (χ1n) is 17.2. The highest BCUT2D eigenvalue weighted by Crippen LogP contribution is 2.40. The van der Waals surface area contributed by atoms with Crippen LogP contribution in [-0.4, -0.2) is 19.9 Å². The van der Waals surface area contributed by atoms with Gasteiger partial charge >= 0.3 is 0 Å². The number of aromatic nitrogens is 4. The minimum Gasteiger partial charge on any atom is -0.456 e. The van der Waals surface area contributed by atoms with Gasteiger partial charge in [-0.2, -0.15) is 0 Å². The average molecular weight is 667 g/mol. The number of rotatable bonds is 4. The van der Waals surface area contributed by atoms with Crippen molar-refractivity contribution in [2.45, 2.75) is 0 Å². The summed E-state index contributed by atoms with van der Waals surface area (Å²) in [6, 6.07) is 51.8. The number of fused-ring (bicyclic) bond motifs is 8. The van der Waals surface area contributed by atoms with Crippen LogP contribution < -0.4 is 0 Å². The fourth-order valence-corrected chi connectivity index (χ4v) is 7.57. The monoisotopic (exact) mass is 666 g/mol. The van der Waals surface area contributed by atoms with Gasteiger partial charge in [0, 0.05) is 39.0 Å². The molecule has 0 unspecified atom stereocenters. The number of hydrogen-bond donors (Lipinski definition) is 0. The maximum Gasteiger partial charge on any atom is 0.227 e. The SMILES string of the molecule is c1ccc2cc(-c3nc(-c4ccc5c(-c6ccnc7oc8ccccc8c67)cccc5c4)nc(-c4cccc5oc6ccccc6c45)n3)ccc2c1. The molecule has 6 heteroatoms. The molecule has 0 fully saturated rings. The van der Waals surface area contributed by atoms with Gasteiger partial charge in [-0.1, -0.05) is 115 Å². The van der Waals surface area contributed by atoms with Gasteiger partial charge < -0.3 is 8.83 Å². The van der Waals surface area contributed by atoms with Crippen molar-refractivity contribution in [2.24, 2.45) is 0 Å². The van der Waals surface area contributed by atoms with E-state index in [0.29, 0.717) is 23.2 Å². The van der Waals surface area contributed by atoms with Crippen molar-refractivity contribution in [1.82, 2.24) is 19.9 Å². The predicted molar refractivity (Wildman–Crippen MR) is 209 cm³/mol. The maximum atomic E-state index is 6.25. The third-order valence-corrected chi connectivity index (χ3v) is 9.99. The molecule has 0 amide bonds. The molecular weight excluding hydrogens is 641 g/mol. The Morgan fingerprint density at radius 3 is 1.83 bits per heavy atom. The van der Waals surface area contributed by atoms with E-state index in [0.717, 1.165) is 87.7 Å². The minimum atomic E-state index is 0.588. The smallest absolute Gasteiger partial charge is 0.227 e. The van der Waals surface area contributed by atoms with Crippen molar-refractivity contribution in [3.05, 3.63) is 158 Å². The standard InChI is InChI=1S/C46H26N4O2/c1-2-10-28-25-30(20-19-27(28)9-1)43-48-44(50-45(49-43)37-15-8-18-40-41(37)35-12-3-5-16-38(35)51-40)31-21-22-32-29(26-31)11-7-14-33(32)34-23-24-47-46-42(34)36-13-4-6-17-39(36)52-46/h1-26H. The Balaban J connectivity index is 1.12. The third-order valence-electron chi connectivity index (χ3n) is 9.99. The van der Waals surface area contributed by atoms with Gasteiger partial charge in [-0.05, 0) is 69.1 Å². The first kappa shape index (κ1) is 28.6. The van der Waals surface area contributed by atoms with Crippen molar-refractivity contribution in [3.8, 4) is 45.3 Å². The lowest BCUT2D eigenvalue weighted by Crippen LogP contribution is -2.00. The van der Waals surface area contributed by atoms with Gasteiger partial charge in [0.2, 0.25) is 5.71 Å². The van der Waals surface area contributed by atoms with Crippen molar-refractivity contribution in [1.29, 1.82) is 0 Å². The minimum absolute atomic E-state index is 0.588. The molecule has 0 bridgehead atoms. The molecule has 6 nitrogen and oxygen atoms in total. The van der Waals surface area contributed by atoms with Crippen molar-refractivity contribution in [2.75, 3.05) is 0 Å². The Kier molecular flexibility index (Phi) is 6.15. The van der Waals surface area contributed by atoms with Crippen LogP contribution in [-0.2, 0) is 0 Å². The molecule has 11 aromatic rings. The Labute approximate surface area is 296 Å². The Bertz CT molecular complexity index is 3210. The molecule has 0 spiro atoms. The van der Waals surface area contributed by atoms with Crippen LogP contribution in [0.25, 0.3) is 111 Å². The van der Waals surface area contributed by atoms with E-state index in [1.165, 1.54) is 0 Å². The van der Waals surface area contributed by atoms with Gasteiger partial charge in [0.25, 0.3) is 0 Å². The van der Waals surface area contributed by atoms with Crippen molar-refractivity contribution < 1.29 is 8.83 Å². The highest BCUT2D eigenvalue weighted by Gasteiger charge is 2.19. The summed E-state index contributed by atoms with van der Waals surface area (Å²) in [4.78, 5) is 20.0. The number of pyridine rings is 1. The molecule has 4 heterocycles. The van der Waals surface area contributed by atoms with Crippen LogP contribution >= 0.6 is 0 Å². The van der Waals surface area contributed by atoms with E-state index in [1.807, 2.05) is 54.7 Å². The van der Waals surface area contributed by atoms with Crippen molar-refractivity contribution in [3.63, 3.8) is 0 Å². The molecule has 0 N–H and O–H groups in total. The molecule has 0 saturated carbocycles. The van der Waals surface area contributed by atoms with E-state index < -0.39 is 0 Å². The molecule has 0 aliphatic rings. The molecule has 0 atom stereocenters. The Hall–Kier alpha value is -7.18. The molecule has 0 aliphatic heterocycles. The fraction of sp³-hybridized carbons (Fsp3) is 0. The number of benzene rings is 7. The lowest BCUT2D eigenvalue weighted by molar-refractivity contribution is 0.654. The first-order chi connectivity index (χ1) is 25.7. The summed E-state index contributed by atoms with van der Waals surface area (Å²) in [6.07, 6.45) is 1.82. The number of hydrogen-bond acceptors (Lipinski definition) is 6. The quantitative estimate of drug-likeness (QED) is 0.186. The fourth-order valence-electron chi connectivity index (χ4n) is 7.57. The van der Waals surface area contributed by atoms with E-state index in [9.17, 15) is 0 Å². The lowest BCUT2D eigenvalue weighted by Gasteiger charge is -2.12. The zero-order valence-electron chi connectivity index (χ0n) is 27.6. The van der Waals surface area contributed by atoms with Gasteiger partial charge in [-0.25, -0.2) is 19.9 Å². The second kappa shape index (κ2) is 11.2. The molecule has 242 valence electrons. The summed E-state index contributed by atoms with van der Waals surface area (Å²) in [7, 11) is 0. The summed E-state index contributed by atoms with van der Waals surface area (Å²) >= 11 is 0. The number of furan rings is 2. The highest BCUT2D eigenvalue weighted by atomic mass is 16.3. The largest absolute Gasteiger partial charge is 0.456 e. The molecule has 7 aromatic carbocycles. The summed E-state index contributed by atoms with van der Waals surface area (Å²) in [5.74, 6) is 1.79. The molecule has 0 aliphatic carbocycles. The van der Waals surface area contributed by atoms with Crippen LogP contribution in [0.15, 0.2) is 167 Å². The second-order valence-electron chi connectivity index (χ2n) is 13.0. The second-order valence-corrected chi connectivity index (χ2v) is 13.0. The van der Waals surface area contributed by atoms with E-state index >= 15 is 0 Å². The molecule has 0 radical (unpaired) electrons. The Morgan fingerprint density at radius 2 is 0.981 bits per heavy atom. The summed E-state index contributed by atoms with van der Waals surface area (Å²) in [5.41, 5.74) is 7.97. The van der Waals surface area contributed by atoms with Gasteiger partial charge in [-0.15, -0.1) is 0 Å². The topological polar surface area (TPSA) is 77.8 Å². The van der Waals surface area contributed by atoms with Gasteiger partial charge in [0.05, 0.1) is 5.39 Å². The molecule has 4 aromatic heterocycles. The summed E-state index contributed by atoms with van der Waals surface area (Å²) < 4.78 is 12.4. The van der Waals surface area contributed by atoms with Crippen LogP contribution in [0.5, 0.6) is 0 Å². The Morgan fingerprint density at radius 1 is 0.365 bits per heavy atom. The van der Waals surface area contributed by atoms with Crippen LogP contribution in [0.4, 0.5) is 0 Å². The van der Waals surface area contributed by atoms with Crippen LogP contribution in [0.2, 0.25) is 0 Å². The van der Waals surface area contributed by atoms with Crippen LogP contribution in [0.1, 0.15) is 0 Å². The van der Waals surface area contributed by atoms with E-state index in [2.05, 4.69) is 108 Å². The molecule has 52 heavy (non-hydrogen) atoms. The molecule has 11 rings (SSSR count). The zero-order valence-corrected chi connectivity index (χ0v) is 27.6. The molecule has 0 saturated heterocycles. The molecular formula is C46H26N4O2. The zero-order chi connectivity index (χ0) is 34.2. The normalized spacial score (nSPS) is 11.8. The highest BCUT2D eigenvalue weighted by molar-refractivity contribution is 6.15. The predicted octanol–water partition coefficient (Wildman–Crippen LogP) is 12.0. The average Bonchev–Trinajstić information content (AvgIpc) is 3.79. The van der Waals surface area contributed by atoms with Gasteiger partial charge in [0.15, 0.2) is 17.5 Å². The van der Waals surface area contributed by atoms with Gasteiger partial charge in [0.1, 0.15) is 16.7 Å².